The lowest BCUT2D eigenvalue weighted by atomic mass is 9.95. The standard InChI is InChI=1S/C12H15ClN2O2/c13-9-3-11(17-7-9)12(16)15-6-8-1-2-10(15)5-14-4-8/h3,7-8,10,14H,1-2,4-6H2. The lowest BCUT2D eigenvalue weighted by Crippen LogP contribution is -2.47. The van der Waals surface area contributed by atoms with Crippen LogP contribution in [-0.4, -0.2) is 36.5 Å². The number of hydrogen-bond donors (Lipinski definition) is 1. The van der Waals surface area contributed by atoms with Crippen LogP contribution in [0.2, 0.25) is 5.02 Å². The van der Waals surface area contributed by atoms with Crippen molar-refractivity contribution < 1.29 is 9.21 Å². The van der Waals surface area contributed by atoms with Crippen molar-refractivity contribution in [3.05, 3.63) is 23.1 Å². The Morgan fingerprint density at radius 3 is 3.12 bits per heavy atom. The van der Waals surface area contributed by atoms with E-state index in [2.05, 4.69) is 5.32 Å². The fourth-order valence-electron chi connectivity index (χ4n) is 2.75. The molecule has 1 aromatic heterocycles. The monoisotopic (exact) mass is 254 g/mol. The van der Waals surface area contributed by atoms with E-state index in [-0.39, 0.29) is 5.91 Å². The van der Waals surface area contributed by atoms with Gasteiger partial charge in [-0.05, 0) is 25.3 Å². The zero-order valence-corrected chi connectivity index (χ0v) is 10.2. The summed E-state index contributed by atoms with van der Waals surface area (Å²) >= 11 is 5.78. The van der Waals surface area contributed by atoms with E-state index in [1.807, 2.05) is 4.90 Å². The quantitative estimate of drug-likeness (QED) is 0.831. The number of rotatable bonds is 1. The van der Waals surface area contributed by atoms with Gasteiger partial charge in [-0.15, -0.1) is 0 Å². The van der Waals surface area contributed by atoms with Crippen molar-refractivity contribution in [2.24, 2.45) is 5.92 Å². The molecular formula is C12H15ClN2O2. The highest BCUT2D eigenvalue weighted by Gasteiger charge is 2.35. The first-order valence-corrected chi connectivity index (χ1v) is 6.37. The maximum Gasteiger partial charge on any atom is 0.289 e. The minimum atomic E-state index is -0.0321. The molecule has 1 amide bonds. The van der Waals surface area contributed by atoms with E-state index in [1.54, 1.807) is 6.07 Å². The molecule has 4 heterocycles. The first-order chi connectivity index (χ1) is 8.24. The van der Waals surface area contributed by atoms with Gasteiger partial charge in [-0.25, -0.2) is 0 Å². The highest BCUT2D eigenvalue weighted by molar-refractivity contribution is 6.30. The Morgan fingerprint density at radius 2 is 2.35 bits per heavy atom. The van der Waals surface area contributed by atoms with E-state index in [1.165, 1.54) is 12.7 Å². The molecule has 0 spiro atoms. The molecule has 3 aliphatic heterocycles. The lowest BCUT2D eigenvalue weighted by molar-refractivity contribution is 0.0559. The first-order valence-electron chi connectivity index (χ1n) is 6.00. The maximum atomic E-state index is 12.3. The second kappa shape index (κ2) is 4.35. The van der Waals surface area contributed by atoms with Crippen molar-refractivity contribution in [2.75, 3.05) is 19.6 Å². The zero-order valence-electron chi connectivity index (χ0n) is 9.49. The molecule has 3 aliphatic rings. The van der Waals surface area contributed by atoms with Gasteiger partial charge in [-0.2, -0.15) is 0 Å². The number of carbonyl (C=O) groups is 1. The summed E-state index contributed by atoms with van der Waals surface area (Å²) in [6, 6.07) is 1.89. The molecule has 2 unspecified atom stereocenters. The number of piperidine rings is 1. The third-order valence-corrected chi connectivity index (χ3v) is 3.85. The molecule has 0 saturated carbocycles. The summed E-state index contributed by atoms with van der Waals surface area (Å²) < 4.78 is 5.18. The minimum Gasteiger partial charge on any atom is -0.458 e. The predicted octanol–water partition coefficient (Wildman–Crippen LogP) is 1.76. The van der Waals surface area contributed by atoms with Crippen LogP contribution in [0.1, 0.15) is 23.4 Å². The average Bonchev–Trinajstić information content (AvgIpc) is 2.55. The van der Waals surface area contributed by atoms with Crippen LogP contribution >= 0.6 is 11.6 Å². The molecule has 92 valence electrons. The smallest absolute Gasteiger partial charge is 0.289 e. The first kappa shape index (κ1) is 11.1. The molecule has 3 fully saturated rings. The molecule has 0 aromatic carbocycles. The Morgan fingerprint density at radius 1 is 1.47 bits per heavy atom. The van der Waals surface area contributed by atoms with Crippen LogP contribution in [0.3, 0.4) is 0 Å². The molecule has 1 N–H and O–H groups in total. The van der Waals surface area contributed by atoms with E-state index in [4.69, 9.17) is 16.0 Å². The van der Waals surface area contributed by atoms with Gasteiger partial charge in [-0.1, -0.05) is 11.6 Å². The molecule has 0 aliphatic carbocycles. The molecule has 1 aromatic rings. The minimum absolute atomic E-state index is 0.0321. The Labute approximate surface area is 105 Å². The van der Waals surface area contributed by atoms with Crippen molar-refractivity contribution in [3.8, 4) is 0 Å². The number of furan rings is 1. The topological polar surface area (TPSA) is 45.5 Å². The lowest BCUT2D eigenvalue weighted by Gasteiger charge is -2.35. The summed E-state index contributed by atoms with van der Waals surface area (Å²) in [4.78, 5) is 14.2. The molecule has 5 heteroatoms. The van der Waals surface area contributed by atoms with Crippen LogP contribution in [-0.2, 0) is 0 Å². The van der Waals surface area contributed by atoms with Crippen LogP contribution in [0.25, 0.3) is 0 Å². The number of nitrogens with zero attached hydrogens (tertiary/aromatic N) is 1. The molecule has 2 bridgehead atoms. The van der Waals surface area contributed by atoms with Gasteiger partial charge in [-0.3, -0.25) is 4.79 Å². The van der Waals surface area contributed by atoms with E-state index >= 15 is 0 Å². The SMILES string of the molecule is O=C(c1cc(Cl)co1)N1CC2CCC1CNC2. The van der Waals surface area contributed by atoms with Gasteiger partial charge in [0.1, 0.15) is 6.26 Å². The van der Waals surface area contributed by atoms with Gasteiger partial charge >= 0.3 is 0 Å². The summed E-state index contributed by atoms with van der Waals surface area (Å²) in [6.45, 7) is 2.73. The number of carbonyl (C=O) groups excluding carboxylic acids is 1. The summed E-state index contributed by atoms with van der Waals surface area (Å²) in [5.74, 6) is 0.890. The maximum absolute atomic E-state index is 12.3. The molecule has 2 atom stereocenters. The van der Waals surface area contributed by atoms with Crippen LogP contribution in [0, 0.1) is 5.92 Å². The largest absolute Gasteiger partial charge is 0.458 e. The van der Waals surface area contributed by atoms with Crippen molar-refractivity contribution in [2.45, 2.75) is 18.9 Å². The summed E-state index contributed by atoms with van der Waals surface area (Å²) in [6.07, 6.45) is 3.70. The fraction of sp³-hybridized carbons (Fsp3) is 0.583. The Hall–Kier alpha value is -1.00. The highest BCUT2D eigenvalue weighted by Crippen LogP contribution is 2.26. The fourth-order valence-corrected chi connectivity index (χ4v) is 2.89. The van der Waals surface area contributed by atoms with Crippen molar-refractivity contribution in [1.82, 2.24) is 10.2 Å². The van der Waals surface area contributed by atoms with E-state index in [0.717, 1.165) is 26.1 Å². The zero-order chi connectivity index (χ0) is 11.8. The number of fused-ring (bicyclic) bond motifs is 4. The van der Waals surface area contributed by atoms with Crippen molar-refractivity contribution >= 4 is 17.5 Å². The molecule has 4 nitrogen and oxygen atoms in total. The van der Waals surface area contributed by atoms with Gasteiger partial charge in [0.15, 0.2) is 5.76 Å². The van der Waals surface area contributed by atoms with Crippen molar-refractivity contribution in [3.63, 3.8) is 0 Å². The third kappa shape index (κ3) is 2.07. The molecule has 3 saturated heterocycles. The number of amides is 1. The second-order valence-corrected chi connectivity index (χ2v) is 5.28. The molecule has 17 heavy (non-hydrogen) atoms. The number of halogens is 1. The average molecular weight is 255 g/mol. The number of nitrogens with one attached hydrogen (secondary N) is 1. The second-order valence-electron chi connectivity index (χ2n) is 4.84. The highest BCUT2D eigenvalue weighted by atomic mass is 35.5. The summed E-state index contributed by atoms with van der Waals surface area (Å²) in [5, 5.41) is 3.88. The van der Waals surface area contributed by atoms with E-state index in [9.17, 15) is 4.79 Å². The van der Waals surface area contributed by atoms with Crippen LogP contribution < -0.4 is 5.32 Å². The summed E-state index contributed by atoms with van der Waals surface area (Å²) in [5.41, 5.74) is 0. The normalized spacial score (nSPS) is 28.2. The summed E-state index contributed by atoms with van der Waals surface area (Å²) in [7, 11) is 0. The molecule has 0 radical (unpaired) electrons. The van der Waals surface area contributed by atoms with Crippen LogP contribution in [0.15, 0.2) is 16.7 Å². The van der Waals surface area contributed by atoms with Crippen molar-refractivity contribution in [1.29, 1.82) is 0 Å². The van der Waals surface area contributed by atoms with E-state index in [0.29, 0.717) is 22.7 Å². The third-order valence-electron chi connectivity index (χ3n) is 3.66. The van der Waals surface area contributed by atoms with Gasteiger partial charge < -0.3 is 14.6 Å². The van der Waals surface area contributed by atoms with Gasteiger partial charge in [0.25, 0.3) is 5.91 Å². The van der Waals surface area contributed by atoms with Crippen LogP contribution in [0.4, 0.5) is 0 Å². The Balaban J connectivity index is 1.82. The van der Waals surface area contributed by atoms with E-state index < -0.39 is 0 Å². The number of hydrogen-bond acceptors (Lipinski definition) is 3. The molecule has 4 rings (SSSR count). The van der Waals surface area contributed by atoms with Gasteiger partial charge in [0, 0.05) is 25.2 Å². The van der Waals surface area contributed by atoms with Gasteiger partial charge in [0.2, 0.25) is 0 Å². The van der Waals surface area contributed by atoms with Crippen LogP contribution in [0.5, 0.6) is 0 Å². The van der Waals surface area contributed by atoms with Gasteiger partial charge in [0.05, 0.1) is 5.02 Å². The molecular weight excluding hydrogens is 240 g/mol. The Bertz CT molecular complexity index is 428. The Kier molecular flexibility index (Phi) is 2.84. The predicted molar refractivity (Wildman–Crippen MR) is 64.1 cm³/mol.